The van der Waals surface area contributed by atoms with Gasteiger partial charge >= 0.3 is 0 Å². The van der Waals surface area contributed by atoms with Gasteiger partial charge in [0.1, 0.15) is 28.3 Å². The normalized spacial score (nSPS) is 11.7. The Balaban J connectivity index is 1.68. The SMILES string of the molecule is CCC(C(=O)Nc1c(C#N)cnn1C)n1cnc2sc(C(=O)Nc3ccccc3)c(C)c2c1=O. The summed E-state index contributed by atoms with van der Waals surface area (Å²) in [4.78, 5) is 44.4. The van der Waals surface area contributed by atoms with Crippen molar-refractivity contribution in [3.63, 3.8) is 0 Å². The van der Waals surface area contributed by atoms with Gasteiger partial charge in [-0.3, -0.25) is 23.6 Å². The van der Waals surface area contributed by atoms with Crippen molar-refractivity contribution in [3.05, 3.63) is 69.2 Å². The van der Waals surface area contributed by atoms with Gasteiger partial charge in [0.05, 0.1) is 22.8 Å². The minimum atomic E-state index is -0.869. The van der Waals surface area contributed by atoms with Gasteiger partial charge in [-0.05, 0) is 31.0 Å². The van der Waals surface area contributed by atoms with Crippen LogP contribution in [0.3, 0.4) is 0 Å². The standard InChI is InChI=1S/C23H21N7O3S/c1-4-16(20(31)28-19-14(10-24)11-26-29(19)3)30-12-25-22-17(23(30)33)13(2)18(34-22)21(32)27-15-8-6-5-7-9-15/h5-9,11-12,16H,4H2,1-3H3,(H,27,32)(H,28,31). The molecule has 3 heterocycles. The van der Waals surface area contributed by atoms with Crippen molar-refractivity contribution < 1.29 is 9.59 Å². The monoisotopic (exact) mass is 475 g/mol. The number of hydrogen-bond acceptors (Lipinski definition) is 7. The molecule has 0 radical (unpaired) electrons. The molecule has 2 N–H and O–H groups in total. The Kier molecular flexibility index (Phi) is 6.25. The van der Waals surface area contributed by atoms with Crippen molar-refractivity contribution in [3.8, 4) is 6.07 Å². The summed E-state index contributed by atoms with van der Waals surface area (Å²) in [6, 6.07) is 10.1. The molecule has 11 heteroatoms. The fourth-order valence-corrected chi connectivity index (χ4v) is 4.70. The highest BCUT2D eigenvalue weighted by molar-refractivity contribution is 7.20. The third-order valence-corrected chi connectivity index (χ3v) is 6.64. The van der Waals surface area contributed by atoms with E-state index < -0.39 is 17.5 Å². The summed E-state index contributed by atoms with van der Waals surface area (Å²) in [5.74, 6) is -0.553. The Labute approximate surface area is 198 Å². The first-order chi connectivity index (χ1) is 16.3. The molecule has 0 aliphatic heterocycles. The van der Waals surface area contributed by atoms with Crippen LogP contribution in [0.15, 0.2) is 47.7 Å². The number of anilines is 2. The van der Waals surface area contributed by atoms with Gasteiger partial charge in [-0.1, -0.05) is 25.1 Å². The molecule has 1 unspecified atom stereocenters. The molecule has 0 saturated heterocycles. The number of amides is 2. The van der Waals surface area contributed by atoms with Gasteiger partial charge < -0.3 is 10.6 Å². The lowest BCUT2D eigenvalue weighted by molar-refractivity contribution is -0.119. The van der Waals surface area contributed by atoms with Crippen molar-refractivity contribution in [1.29, 1.82) is 5.26 Å². The summed E-state index contributed by atoms with van der Waals surface area (Å²) in [6.07, 6.45) is 2.98. The number of aryl methyl sites for hydroxylation is 2. The van der Waals surface area contributed by atoms with Crippen molar-refractivity contribution in [2.24, 2.45) is 7.05 Å². The highest BCUT2D eigenvalue weighted by Gasteiger charge is 2.26. The number of aromatic nitrogens is 4. The molecule has 4 rings (SSSR count). The molecule has 2 amide bonds. The third kappa shape index (κ3) is 4.06. The van der Waals surface area contributed by atoms with Gasteiger partial charge in [0.25, 0.3) is 11.5 Å². The predicted octanol–water partition coefficient (Wildman–Crippen LogP) is 3.21. The van der Waals surface area contributed by atoms with E-state index >= 15 is 0 Å². The van der Waals surface area contributed by atoms with Crippen LogP contribution in [0.1, 0.15) is 40.2 Å². The maximum absolute atomic E-state index is 13.4. The van der Waals surface area contributed by atoms with Crippen LogP contribution in [0.25, 0.3) is 10.2 Å². The summed E-state index contributed by atoms with van der Waals surface area (Å²) in [6.45, 7) is 3.47. The maximum atomic E-state index is 13.4. The quantitative estimate of drug-likeness (QED) is 0.440. The van der Waals surface area contributed by atoms with Crippen LogP contribution >= 0.6 is 11.3 Å². The number of para-hydroxylation sites is 1. The number of hydrogen-bond donors (Lipinski definition) is 2. The predicted molar refractivity (Wildman–Crippen MR) is 129 cm³/mol. The van der Waals surface area contributed by atoms with E-state index in [1.165, 1.54) is 21.8 Å². The van der Waals surface area contributed by atoms with Gasteiger partial charge in [-0.2, -0.15) is 10.4 Å². The molecule has 0 aliphatic carbocycles. The lowest BCUT2D eigenvalue weighted by atomic mass is 10.1. The van der Waals surface area contributed by atoms with Crippen LogP contribution < -0.4 is 16.2 Å². The second-order valence-corrected chi connectivity index (χ2v) is 8.57. The molecule has 0 saturated carbocycles. The Morgan fingerprint density at radius 3 is 2.65 bits per heavy atom. The van der Waals surface area contributed by atoms with E-state index in [2.05, 4.69) is 20.7 Å². The van der Waals surface area contributed by atoms with E-state index in [0.717, 1.165) is 11.3 Å². The molecule has 0 bridgehead atoms. The van der Waals surface area contributed by atoms with Crippen molar-refractivity contribution in [1.82, 2.24) is 19.3 Å². The molecule has 0 fully saturated rings. The van der Waals surface area contributed by atoms with Crippen LogP contribution in [-0.4, -0.2) is 31.1 Å². The topological polar surface area (TPSA) is 135 Å². The number of fused-ring (bicyclic) bond motifs is 1. The Morgan fingerprint density at radius 1 is 1.24 bits per heavy atom. The van der Waals surface area contributed by atoms with E-state index in [0.29, 0.717) is 32.8 Å². The van der Waals surface area contributed by atoms with E-state index in [4.69, 9.17) is 0 Å². The van der Waals surface area contributed by atoms with E-state index in [1.54, 1.807) is 33.0 Å². The van der Waals surface area contributed by atoms with Gasteiger partial charge in [-0.15, -0.1) is 11.3 Å². The van der Waals surface area contributed by atoms with Crippen LogP contribution in [-0.2, 0) is 11.8 Å². The van der Waals surface area contributed by atoms with Crippen LogP contribution in [0, 0.1) is 18.3 Å². The van der Waals surface area contributed by atoms with E-state index in [9.17, 15) is 19.6 Å². The van der Waals surface area contributed by atoms with Crippen molar-refractivity contribution >= 4 is 44.9 Å². The summed E-state index contributed by atoms with van der Waals surface area (Å²) >= 11 is 1.13. The lowest BCUT2D eigenvalue weighted by Crippen LogP contribution is -2.33. The largest absolute Gasteiger partial charge is 0.321 e. The molecular weight excluding hydrogens is 454 g/mol. The summed E-state index contributed by atoms with van der Waals surface area (Å²) in [5.41, 5.74) is 0.956. The third-order valence-electron chi connectivity index (χ3n) is 5.44. The second-order valence-electron chi connectivity index (χ2n) is 7.57. The molecular formula is C23H21N7O3S. The van der Waals surface area contributed by atoms with Crippen LogP contribution in [0.2, 0.25) is 0 Å². The van der Waals surface area contributed by atoms with Gasteiger partial charge in [0.2, 0.25) is 5.91 Å². The van der Waals surface area contributed by atoms with Crippen molar-refractivity contribution in [2.45, 2.75) is 26.3 Å². The fourth-order valence-electron chi connectivity index (χ4n) is 3.66. The molecule has 10 nitrogen and oxygen atoms in total. The Morgan fingerprint density at radius 2 is 1.97 bits per heavy atom. The van der Waals surface area contributed by atoms with Crippen LogP contribution in [0.5, 0.6) is 0 Å². The number of rotatable bonds is 6. The smallest absolute Gasteiger partial charge is 0.266 e. The molecule has 34 heavy (non-hydrogen) atoms. The highest BCUT2D eigenvalue weighted by atomic mass is 32.1. The lowest BCUT2D eigenvalue weighted by Gasteiger charge is -2.17. The zero-order valence-corrected chi connectivity index (χ0v) is 19.5. The summed E-state index contributed by atoms with van der Waals surface area (Å²) in [7, 11) is 1.61. The molecule has 0 aliphatic rings. The number of thiophene rings is 1. The molecule has 1 aromatic carbocycles. The van der Waals surface area contributed by atoms with Gasteiger partial charge in [0.15, 0.2) is 0 Å². The van der Waals surface area contributed by atoms with Gasteiger partial charge in [-0.25, -0.2) is 4.98 Å². The minimum Gasteiger partial charge on any atom is -0.321 e. The number of nitrogens with zero attached hydrogens (tertiary/aromatic N) is 5. The number of nitriles is 1. The zero-order valence-electron chi connectivity index (χ0n) is 18.7. The van der Waals surface area contributed by atoms with E-state index in [1.807, 2.05) is 24.3 Å². The van der Waals surface area contributed by atoms with E-state index in [-0.39, 0.29) is 17.3 Å². The maximum Gasteiger partial charge on any atom is 0.266 e. The first-order valence-electron chi connectivity index (χ1n) is 10.4. The summed E-state index contributed by atoms with van der Waals surface area (Å²) in [5, 5.41) is 19.0. The number of carbonyl (C=O) groups is 2. The molecule has 4 aromatic rings. The molecule has 0 spiro atoms. The Bertz CT molecular complexity index is 1490. The zero-order chi connectivity index (χ0) is 24.4. The first kappa shape index (κ1) is 22.9. The molecule has 172 valence electrons. The first-order valence-corrected chi connectivity index (χ1v) is 11.3. The highest BCUT2D eigenvalue weighted by Crippen LogP contribution is 2.28. The average Bonchev–Trinajstić information content (AvgIpc) is 3.36. The summed E-state index contributed by atoms with van der Waals surface area (Å²) < 4.78 is 2.65. The number of carbonyl (C=O) groups excluding carboxylic acids is 2. The van der Waals surface area contributed by atoms with Gasteiger partial charge in [0, 0.05) is 12.7 Å². The Hall–Kier alpha value is -4.30. The fraction of sp³-hybridized carbons (Fsp3) is 0.217. The average molecular weight is 476 g/mol. The number of nitrogens with one attached hydrogen (secondary N) is 2. The van der Waals surface area contributed by atoms with Crippen molar-refractivity contribution in [2.75, 3.05) is 10.6 Å². The minimum absolute atomic E-state index is 0.217. The number of benzene rings is 1. The molecule has 3 aromatic heterocycles. The second kappa shape index (κ2) is 9.29. The molecule has 1 atom stereocenters. The van der Waals surface area contributed by atoms with Crippen LogP contribution in [0.4, 0.5) is 11.5 Å².